The normalized spacial score (nSPS) is 11.1. The summed E-state index contributed by atoms with van der Waals surface area (Å²) in [7, 11) is 0. The number of hydrogen-bond donors (Lipinski definition) is 1. The van der Waals surface area contributed by atoms with Crippen molar-refractivity contribution < 1.29 is 9.53 Å². The highest BCUT2D eigenvalue weighted by Gasteiger charge is 2.06. The first-order valence-corrected chi connectivity index (χ1v) is 10.2. The van der Waals surface area contributed by atoms with Gasteiger partial charge >= 0.3 is 0 Å². The molecule has 0 aliphatic carbocycles. The molecule has 1 N–H and O–H groups in total. The van der Waals surface area contributed by atoms with Gasteiger partial charge in [-0.2, -0.15) is 0 Å². The van der Waals surface area contributed by atoms with Crippen LogP contribution in [0.25, 0.3) is 16.3 Å². The van der Waals surface area contributed by atoms with Crippen molar-refractivity contribution in [2.75, 3.05) is 5.32 Å². The molecule has 6 heteroatoms. The topological polar surface area (TPSA) is 51.2 Å². The van der Waals surface area contributed by atoms with Crippen molar-refractivity contribution in [2.45, 2.75) is 6.61 Å². The Bertz CT molecular complexity index is 1150. The zero-order valence-corrected chi connectivity index (χ0v) is 16.9. The summed E-state index contributed by atoms with van der Waals surface area (Å²) in [6.07, 6.45) is 3.24. The smallest absolute Gasteiger partial charge is 0.250 e. The predicted octanol–water partition coefficient (Wildman–Crippen LogP) is 6.18. The van der Waals surface area contributed by atoms with Crippen molar-refractivity contribution in [3.63, 3.8) is 0 Å². The number of thiazole rings is 1. The molecule has 1 aromatic heterocycles. The lowest BCUT2D eigenvalue weighted by Crippen LogP contribution is -2.07. The van der Waals surface area contributed by atoms with Gasteiger partial charge in [0.15, 0.2) is 5.13 Å². The summed E-state index contributed by atoms with van der Waals surface area (Å²) < 4.78 is 6.70. The van der Waals surface area contributed by atoms with Crippen molar-refractivity contribution in [3.05, 3.63) is 95.0 Å². The van der Waals surface area contributed by atoms with Crippen LogP contribution in [0.15, 0.2) is 78.9 Å². The molecule has 0 spiro atoms. The largest absolute Gasteiger partial charge is 0.489 e. The molecule has 4 aromatic rings. The maximum Gasteiger partial charge on any atom is 0.250 e. The summed E-state index contributed by atoms with van der Waals surface area (Å²) in [4.78, 5) is 16.6. The van der Waals surface area contributed by atoms with E-state index in [4.69, 9.17) is 16.3 Å². The van der Waals surface area contributed by atoms with Gasteiger partial charge in [-0.3, -0.25) is 10.1 Å². The summed E-state index contributed by atoms with van der Waals surface area (Å²) in [5, 5.41) is 3.98. The Morgan fingerprint density at radius 1 is 1.07 bits per heavy atom. The Morgan fingerprint density at radius 2 is 1.86 bits per heavy atom. The molecule has 0 atom stereocenters. The number of anilines is 1. The summed E-state index contributed by atoms with van der Waals surface area (Å²) in [5.41, 5.74) is 2.83. The fraction of sp³-hybridized carbons (Fsp3) is 0.0435. The molecule has 4 nitrogen and oxygen atoms in total. The van der Waals surface area contributed by atoms with Crippen molar-refractivity contribution in [3.8, 4) is 5.75 Å². The van der Waals surface area contributed by atoms with Crippen molar-refractivity contribution >= 4 is 50.3 Å². The number of rotatable bonds is 6. The summed E-state index contributed by atoms with van der Waals surface area (Å²) >= 11 is 7.37. The SMILES string of the molecule is O=C(/C=C/c1ccc(OCc2ccccc2)cc1)Nc1nc2ccc(Cl)cc2s1. The Balaban J connectivity index is 1.33. The molecule has 0 bridgehead atoms. The van der Waals surface area contributed by atoms with Crippen LogP contribution in [-0.2, 0) is 11.4 Å². The number of halogens is 1. The number of nitrogens with one attached hydrogen (secondary N) is 1. The highest BCUT2D eigenvalue weighted by molar-refractivity contribution is 7.22. The molecule has 1 heterocycles. The van der Waals surface area contributed by atoms with Crippen LogP contribution in [0, 0.1) is 0 Å². The van der Waals surface area contributed by atoms with Crippen LogP contribution in [0.5, 0.6) is 5.75 Å². The Morgan fingerprint density at radius 3 is 2.66 bits per heavy atom. The third kappa shape index (κ3) is 5.22. The average Bonchev–Trinajstić information content (AvgIpc) is 3.13. The zero-order chi connectivity index (χ0) is 20.1. The molecule has 3 aromatic carbocycles. The second-order valence-electron chi connectivity index (χ2n) is 6.30. The van der Waals surface area contributed by atoms with E-state index >= 15 is 0 Å². The molecule has 144 valence electrons. The van der Waals surface area contributed by atoms with Gasteiger partial charge in [-0.05, 0) is 47.5 Å². The minimum atomic E-state index is -0.237. The number of nitrogens with zero attached hydrogens (tertiary/aromatic N) is 1. The first kappa shape index (κ1) is 19.2. The molecule has 0 saturated heterocycles. The quantitative estimate of drug-likeness (QED) is 0.379. The molecule has 0 fully saturated rings. The first-order valence-electron chi connectivity index (χ1n) is 8.98. The number of carbonyl (C=O) groups excluding carboxylic acids is 1. The van der Waals surface area contributed by atoms with Crippen molar-refractivity contribution in [1.82, 2.24) is 4.98 Å². The molecule has 0 radical (unpaired) electrons. The average molecular weight is 421 g/mol. The summed E-state index contributed by atoms with van der Waals surface area (Å²) in [6, 6.07) is 23.0. The van der Waals surface area contributed by atoms with E-state index in [1.807, 2.05) is 66.7 Å². The van der Waals surface area contributed by atoms with Gasteiger partial charge in [0.05, 0.1) is 10.2 Å². The minimum Gasteiger partial charge on any atom is -0.489 e. The summed E-state index contributed by atoms with van der Waals surface area (Å²) in [6.45, 7) is 0.520. The van der Waals surface area contributed by atoms with Crippen LogP contribution >= 0.6 is 22.9 Å². The lowest BCUT2D eigenvalue weighted by Gasteiger charge is -2.06. The Kier molecular flexibility index (Phi) is 5.89. The van der Waals surface area contributed by atoms with Gasteiger partial charge < -0.3 is 4.74 Å². The monoisotopic (exact) mass is 420 g/mol. The molecule has 0 aliphatic rings. The van der Waals surface area contributed by atoms with Crippen molar-refractivity contribution in [2.24, 2.45) is 0 Å². The van der Waals surface area contributed by atoms with Gasteiger partial charge in [-0.25, -0.2) is 4.98 Å². The maximum atomic E-state index is 12.2. The Labute approximate surface area is 177 Å². The van der Waals surface area contributed by atoms with E-state index in [0.717, 1.165) is 27.1 Å². The highest BCUT2D eigenvalue weighted by Crippen LogP contribution is 2.28. The second-order valence-corrected chi connectivity index (χ2v) is 7.76. The second kappa shape index (κ2) is 8.90. The molecule has 0 saturated carbocycles. The third-order valence-corrected chi connectivity index (χ3v) is 5.30. The molecule has 4 rings (SSSR count). The molecule has 29 heavy (non-hydrogen) atoms. The number of fused-ring (bicyclic) bond motifs is 1. The van der Waals surface area contributed by atoms with Crippen LogP contribution in [0.2, 0.25) is 5.02 Å². The molecule has 1 amide bonds. The number of amides is 1. The fourth-order valence-corrected chi connectivity index (χ4v) is 3.83. The van der Waals surface area contributed by atoms with E-state index in [1.165, 1.54) is 17.4 Å². The Hall–Kier alpha value is -3.15. The standard InChI is InChI=1S/C23H17ClN2O2S/c24-18-9-12-20-21(14-18)29-23(25-20)26-22(27)13-8-16-6-10-19(11-7-16)28-15-17-4-2-1-3-5-17/h1-14H,15H2,(H,25,26,27)/b13-8+. The highest BCUT2D eigenvalue weighted by atomic mass is 35.5. The van der Waals surface area contributed by atoms with Crippen LogP contribution in [0.3, 0.4) is 0 Å². The van der Waals surface area contributed by atoms with Crippen LogP contribution in [-0.4, -0.2) is 10.9 Å². The van der Waals surface area contributed by atoms with Crippen LogP contribution < -0.4 is 10.1 Å². The van der Waals surface area contributed by atoms with E-state index in [9.17, 15) is 4.79 Å². The molecular formula is C23H17ClN2O2S. The van der Waals surface area contributed by atoms with Gasteiger partial charge in [0.2, 0.25) is 5.91 Å². The van der Waals surface area contributed by atoms with Gasteiger partial charge in [-0.15, -0.1) is 0 Å². The number of ether oxygens (including phenoxy) is 1. The maximum absolute atomic E-state index is 12.2. The third-order valence-electron chi connectivity index (χ3n) is 4.14. The van der Waals surface area contributed by atoms with Gasteiger partial charge in [0, 0.05) is 11.1 Å². The fourth-order valence-electron chi connectivity index (χ4n) is 2.69. The molecule has 0 unspecified atom stereocenters. The van der Waals surface area contributed by atoms with Crippen molar-refractivity contribution in [1.29, 1.82) is 0 Å². The number of hydrogen-bond acceptors (Lipinski definition) is 4. The number of benzene rings is 3. The molecular weight excluding hydrogens is 404 g/mol. The predicted molar refractivity (Wildman–Crippen MR) is 120 cm³/mol. The van der Waals surface area contributed by atoms with E-state index in [0.29, 0.717) is 16.8 Å². The van der Waals surface area contributed by atoms with Gasteiger partial charge in [0.1, 0.15) is 12.4 Å². The van der Waals surface area contributed by atoms with Crippen LogP contribution in [0.1, 0.15) is 11.1 Å². The van der Waals surface area contributed by atoms with E-state index < -0.39 is 0 Å². The van der Waals surface area contributed by atoms with Gasteiger partial charge in [-0.1, -0.05) is 65.4 Å². The number of aromatic nitrogens is 1. The minimum absolute atomic E-state index is 0.237. The van der Waals surface area contributed by atoms with E-state index in [1.54, 1.807) is 12.1 Å². The van der Waals surface area contributed by atoms with Gasteiger partial charge in [0.25, 0.3) is 0 Å². The molecule has 0 aliphatic heterocycles. The zero-order valence-electron chi connectivity index (χ0n) is 15.3. The van der Waals surface area contributed by atoms with E-state index in [2.05, 4.69) is 10.3 Å². The van der Waals surface area contributed by atoms with Crippen LogP contribution in [0.4, 0.5) is 5.13 Å². The summed E-state index contributed by atoms with van der Waals surface area (Å²) in [5.74, 6) is 0.545. The first-order chi connectivity index (χ1) is 14.2. The van der Waals surface area contributed by atoms with E-state index in [-0.39, 0.29) is 5.91 Å². The number of carbonyl (C=O) groups is 1. The lowest BCUT2D eigenvalue weighted by molar-refractivity contribution is -0.111. The lowest BCUT2D eigenvalue weighted by atomic mass is 10.2.